The first kappa shape index (κ1) is 25.7. The Hall–Kier alpha value is -3.36. The van der Waals surface area contributed by atoms with Crippen LogP contribution in [0.5, 0.6) is 5.75 Å². The van der Waals surface area contributed by atoms with Crippen molar-refractivity contribution in [3.63, 3.8) is 0 Å². The lowest BCUT2D eigenvalue weighted by molar-refractivity contribution is -0.187. The molecule has 36 heavy (non-hydrogen) atoms. The Morgan fingerprint density at radius 1 is 0.750 bits per heavy atom. The molecule has 0 spiro atoms. The van der Waals surface area contributed by atoms with E-state index in [1.807, 2.05) is 0 Å². The van der Waals surface area contributed by atoms with E-state index in [2.05, 4.69) is 4.74 Å². The first-order valence-corrected chi connectivity index (χ1v) is 11.2. The van der Waals surface area contributed by atoms with Crippen LogP contribution in [-0.2, 0) is 6.11 Å². The fourth-order valence-corrected chi connectivity index (χ4v) is 4.31. The fraction of sp³-hybridized carbons (Fsp3) is 0.259. The summed E-state index contributed by atoms with van der Waals surface area (Å²) >= 11 is 0. The van der Waals surface area contributed by atoms with Gasteiger partial charge in [0, 0.05) is 24.0 Å². The summed E-state index contributed by atoms with van der Waals surface area (Å²) in [6.45, 7) is 1.79. The van der Waals surface area contributed by atoms with Crippen molar-refractivity contribution in [2.45, 2.75) is 38.2 Å². The van der Waals surface area contributed by atoms with Crippen molar-refractivity contribution in [3.8, 4) is 16.9 Å². The Balaban J connectivity index is 1.55. The number of benzene rings is 3. The molecule has 0 N–H and O–H groups in total. The molecule has 0 radical (unpaired) electrons. The van der Waals surface area contributed by atoms with Crippen molar-refractivity contribution < 1.29 is 39.9 Å². The highest BCUT2D eigenvalue weighted by molar-refractivity contribution is 5.64. The zero-order chi connectivity index (χ0) is 26.2. The number of hydrogen-bond donors (Lipinski definition) is 0. The topological polar surface area (TPSA) is 9.23 Å². The van der Waals surface area contributed by atoms with E-state index in [1.165, 1.54) is 6.07 Å². The van der Waals surface area contributed by atoms with Gasteiger partial charge in [0.2, 0.25) is 0 Å². The maximum Gasteiger partial charge on any atom is 0.429 e. The zero-order valence-corrected chi connectivity index (χ0v) is 18.9. The Labute approximate surface area is 202 Å². The van der Waals surface area contributed by atoms with Crippen LogP contribution in [0.1, 0.15) is 43.2 Å². The summed E-state index contributed by atoms with van der Waals surface area (Å²) in [5.41, 5.74) is -0.0160. The molecule has 9 heteroatoms. The molecule has 0 fully saturated rings. The first-order chi connectivity index (χ1) is 17.0. The summed E-state index contributed by atoms with van der Waals surface area (Å²) in [5, 5.41) is 0. The molecule has 0 saturated carbocycles. The number of ether oxygens (including phenoxy) is 1. The summed E-state index contributed by atoms with van der Waals surface area (Å²) in [6, 6.07) is 9.42. The van der Waals surface area contributed by atoms with E-state index >= 15 is 0 Å². The van der Waals surface area contributed by atoms with Gasteiger partial charge in [0.15, 0.2) is 17.5 Å². The van der Waals surface area contributed by atoms with Gasteiger partial charge in [0.25, 0.3) is 0 Å². The monoisotopic (exact) mass is 512 g/mol. The Bertz CT molecular complexity index is 1280. The number of alkyl halides is 2. The molecule has 1 aliphatic rings. The summed E-state index contributed by atoms with van der Waals surface area (Å²) in [5.74, 6) is -10.4. The zero-order valence-electron chi connectivity index (χ0n) is 18.9. The molecule has 0 aromatic heterocycles. The standard InChI is InChI=1S/C27H20F8O/c1-2-14-7-9-19(25(32)24(14)31)16-5-3-15(4-6-16)17-8-10-20(21(28)11-17)27(34,35)36-18-12-22(29)26(33)23(30)13-18/h3-6,8,10-14,19H,2,7,9H2,1H3. The molecule has 0 bridgehead atoms. The molecular formula is C27H20F8O. The smallest absolute Gasteiger partial charge is 0.429 e. The second-order valence-electron chi connectivity index (χ2n) is 8.57. The van der Waals surface area contributed by atoms with Crippen LogP contribution in [0.2, 0.25) is 0 Å². The number of rotatable bonds is 6. The molecular weight excluding hydrogens is 492 g/mol. The molecule has 0 heterocycles. The minimum absolute atomic E-state index is 0.217. The third-order valence-corrected chi connectivity index (χ3v) is 6.32. The molecule has 1 aliphatic carbocycles. The second-order valence-corrected chi connectivity index (χ2v) is 8.57. The van der Waals surface area contributed by atoms with Crippen molar-refractivity contribution in [2.24, 2.45) is 5.92 Å². The maximum absolute atomic E-state index is 14.6. The lowest BCUT2D eigenvalue weighted by atomic mass is 9.81. The Morgan fingerprint density at radius 2 is 1.36 bits per heavy atom. The minimum Gasteiger partial charge on any atom is -0.429 e. The van der Waals surface area contributed by atoms with E-state index in [-0.39, 0.29) is 17.7 Å². The van der Waals surface area contributed by atoms with Gasteiger partial charge in [-0.3, -0.25) is 0 Å². The summed E-state index contributed by atoms with van der Waals surface area (Å²) < 4.78 is 116. The Morgan fingerprint density at radius 3 is 1.94 bits per heavy atom. The maximum atomic E-state index is 14.6. The molecule has 0 amide bonds. The minimum atomic E-state index is -4.32. The lowest BCUT2D eigenvalue weighted by Crippen LogP contribution is -2.23. The Kier molecular flexibility index (Phi) is 7.11. The van der Waals surface area contributed by atoms with Crippen molar-refractivity contribution in [2.75, 3.05) is 0 Å². The van der Waals surface area contributed by atoms with Gasteiger partial charge in [-0.15, -0.1) is 0 Å². The van der Waals surface area contributed by atoms with Gasteiger partial charge in [-0.05, 0) is 48.1 Å². The second kappa shape index (κ2) is 9.95. The largest absolute Gasteiger partial charge is 0.429 e. The van der Waals surface area contributed by atoms with E-state index < -0.39 is 64.2 Å². The van der Waals surface area contributed by atoms with Crippen LogP contribution in [0.15, 0.2) is 66.3 Å². The SMILES string of the molecule is CCC1CCC(c2ccc(-c3ccc(C(F)(F)Oc4cc(F)c(F)c(F)c4)c(F)c3)cc2)C(F)=C1F. The highest BCUT2D eigenvalue weighted by Crippen LogP contribution is 2.43. The molecule has 3 aromatic rings. The highest BCUT2D eigenvalue weighted by Gasteiger charge is 2.38. The van der Waals surface area contributed by atoms with Gasteiger partial charge in [0.05, 0.1) is 5.56 Å². The highest BCUT2D eigenvalue weighted by atomic mass is 19.3. The van der Waals surface area contributed by atoms with Crippen molar-refractivity contribution >= 4 is 0 Å². The third-order valence-electron chi connectivity index (χ3n) is 6.32. The predicted molar refractivity (Wildman–Crippen MR) is 118 cm³/mol. The molecule has 190 valence electrons. The van der Waals surface area contributed by atoms with E-state index in [9.17, 15) is 35.1 Å². The van der Waals surface area contributed by atoms with E-state index in [0.29, 0.717) is 30.4 Å². The van der Waals surface area contributed by atoms with E-state index in [0.717, 1.165) is 12.1 Å². The molecule has 2 atom stereocenters. The van der Waals surface area contributed by atoms with Gasteiger partial charge in [0.1, 0.15) is 23.2 Å². The molecule has 4 rings (SSSR count). The normalized spacial score (nSPS) is 18.5. The van der Waals surface area contributed by atoms with Crippen LogP contribution < -0.4 is 4.74 Å². The number of allylic oxidation sites excluding steroid dienone is 2. The van der Waals surface area contributed by atoms with Crippen LogP contribution in [0.4, 0.5) is 35.1 Å². The number of hydrogen-bond acceptors (Lipinski definition) is 1. The molecule has 3 aromatic carbocycles. The average Bonchev–Trinajstić information content (AvgIpc) is 2.84. The summed E-state index contributed by atoms with van der Waals surface area (Å²) in [7, 11) is 0. The van der Waals surface area contributed by atoms with Crippen molar-refractivity contribution in [1.29, 1.82) is 0 Å². The van der Waals surface area contributed by atoms with Crippen LogP contribution >= 0.6 is 0 Å². The number of halogens is 8. The summed E-state index contributed by atoms with van der Waals surface area (Å²) in [6.07, 6.45) is -2.86. The van der Waals surface area contributed by atoms with Gasteiger partial charge < -0.3 is 4.74 Å². The fourth-order valence-electron chi connectivity index (χ4n) is 4.31. The molecule has 0 aliphatic heterocycles. The van der Waals surface area contributed by atoms with Crippen LogP contribution in [0.25, 0.3) is 11.1 Å². The van der Waals surface area contributed by atoms with Gasteiger partial charge in [-0.2, -0.15) is 8.78 Å². The third kappa shape index (κ3) is 4.96. The predicted octanol–water partition coefficient (Wildman–Crippen LogP) is 9.09. The molecule has 1 nitrogen and oxygen atoms in total. The summed E-state index contributed by atoms with van der Waals surface area (Å²) in [4.78, 5) is 0. The van der Waals surface area contributed by atoms with Gasteiger partial charge in [-0.25, -0.2) is 26.3 Å². The molecule has 2 unspecified atom stereocenters. The van der Waals surface area contributed by atoms with Crippen LogP contribution in [0, 0.1) is 29.2 Å². The molecule has 0 saturated heterocycles. The van der Waals surface area contributed by atoms with Crippen molar-refractivity contribution in [3.05, 3.63) is 101 Å². The van der Waals surface area contributed by atoms with E-state index in [1.54, 1.807) is 31.2 Å². The van der Waals surface area contributed by atoms with Crippen LogP contribution in [-0.4, -0.2) is 0 Å². The van der Waals surface area contributed by atoms with Gasteiger partial charge in [-0.1, -0.05) is 37.3 Å². The average molecular weight is 512 g/mol. The quantitative estimate of drug-likeness (QED) is 0.236. The first-order valence-electron chi connectivity index (χ1n) is 11.2. The van der Waals surface area contributed by atoms with E-state index in [4.69, 9.17) is 0 Å². The van der Waals surface area contributed by atoms with Gasteiger partial charge >= 0.3 is 6.11 Å². The lowest BCUT2D eigenvalue weighted by Gasteiger charge is -2.26. The van der Waals surface area contributed by atoms with Crippen molar-refractivity contribution in [1.82, 2.24) is 0 Å². The van der Waals surface area contributed by atoms with Crippen LogP contribution in [0.3, 0.4) is 0 Å².